The molecule has 108 valence electrons. The van der Waals surface area contributed by atoms with Crippen LogP contribution in [-0.2, 0) is 9.53 Å². The lowest BCUT2D eigenvalue weighted by atomic mass is 10.3. The van der Waals surface area contributed by atoms with Gasteiger partial charge in [-0.15, -0.1) is 11.8 Å². The van der Waals surface area contributed by atoms with Gasteiger partial charge in [-0.2, -0.15) is 0 Å². The second-order valence-electron chi connectivity index (χ2n) is 4.29. The summed E-state index contributed by atoms with van der Waals surface area (Å²) in [6.45, 7) is 2.60. The van der Waals surface area contributed by atoms with Gasteiger partial charge in [0.1, 0.15) is 0 Å². The molecule has 2 rings (SSSR count). The Bertz CT molecular complexity index is 584. The monoisotopic (exact) mass is 310 g/mol. The Labute approximate surface area is 126 Å². The molecular formula is C14H18N2O2S2. The van der Waals surface area contributed by atoms with Gasteiger partial charge in [0.15, 0.2) is 5.13 Å². The summed E-state index contributed by atoms with van der Waals surface area (Å²) in [5.41, 5.74) is 0.929. The summed E-state index contributed by atoms with van der Waals surface area (Å²) in [5.74, 6) is 1.05. The number of methoxy groups -OCH3 is 1. The summed E-state index contributed by atoms with van der Waals surface area (Å²) < 4.78 is 5.99. The fourth-order valence-electron chi connectivity index (χ4n) is 1.64. The molecule has 0 saturated carbocycles. The lowest BCUT2D eigenvalue weighted by Gasteiger charge is -1.99. The van der Waals surface area contributed by atoms with E-state index < -0.39 is 0 Å². The summed E-state index contributed by atoms with van der Waals surface area (Å²) in [6, 6.07) is 6.23. The van der Waals surface area contributed by atoms with E-state index in [1.165, 1.54) is 16.2 Å². The maximum atomic E-state index is 11.6. The Balaban J connectivity index is 2.06. The van der Waals surface area contributed by atoms with E-state index in [2.05, 4.69) is 29.4 Å². The molecule has 0 radical (unpaired) electrons. The van der Waals surface area contributed by atoms with Crippen LogP contribution in [0.25, 0.3) is 10.2 Å². The molecule has 0 fully saturated rings. The summed E-state index contributed by atoms with van der Waals surface area (Å²) in [7, 11) is 1.58. The molecule has 1 amide bonds. The Hall–Kier alpha value is -1.11. The first-order chi connectivity index (χ1) is 9.72. The summed E-state index contributed by atoms with van der Waals surface area (Å²) in [5, 5.41) is 3.46. The van der Waals surface area contributed by atoms with Crippen molar-refractivity contribution >= 4 is 44.4 Å². The van der Waals surface area contributed by atoms with Crippen LogP contribution < -0.4 is 5.32 Å². The minimum absolute atomic E-state index is 0.0634. The molecule has 1 aromatic carbocycles. The van der Waals surface area contributed by atoms with Crippen molar-refractivity contribution in [3.63, 3.8) is 0 Å². The zero-order valence-corrected chi connectivity index (χ0v) is 13.3. The minimum atomic E-state index is -0.0634. The first-order valence-electron chi connectivity index (χ1n) is 6.55. The van der Waals surface area contributed by atoms with Crippen LogP contribution in [0.3, 0.4) is 0 Å². The molecule has 1 aromatic heterocycles. The molecule has 0 spiro atoms. The Morgan fingerprint density at radius 1 is 1.50 bits per heavy atom. The Kier molecular flexibility index (Phi) is 5.82. The average molecular weight is 310 g/mol. The van der Waals surface area contributed by atoms with Gasteiger partial charge in [-0.1, -0.05) is 18.3 Å². The number of hydrogen-bond acceptors (Lipinski definition) is 5. The number of aromatic nitrogens is 1. The van der Waals surface area contributed by atoms with Gasteiger partial charge in [0.05, 0.1) is 23.2 Å². The number of rotatable bonds is 7. The van der Waals surface area contributed by atoms with E-state index in [0.29, 0.717) is 18.2 Å². The van der Waals surface area contributed by atoms with Crippen molar-refractivity contribution in [3.8, 4) is 0 Å². The number of hydrogen-bond donors (Lipinski definition) is 1. The minimum Gasteiger partial charge on any atom is -0.384 e. The number of thiazole rings is 1. The van der Waals surface area contributed by atoms with Gasteiger partial charge in [-0.05, 0) is 30.4 Å². The third kappa shape index (κ3) is 4.19. The molecule has 0 atom stereocenters. The average Bonchev–Trinajstić information content (AvgIpc) is 2.84. The molecule has 0 bridgehead atoms. The van der Waals surface area contributed by atoms with Gasteiger partial charge in [-0.3, -0.25) is 4.79 Å². The predicted octanol–water partition coefficient (Wildman–Crippen LogP) is 3.77. The van der Waals surface area contributed by atoms with Crippen LogP contribution in [0.1, 0.15) is 19.8 Å². The number of carbonyl (C=O) groups excluding carboxylic acids is 1. The van der Waals surface area contributed by atoms with E-state index in [1.54, 1.807) is 7.11 Å². The molecule has 1 heterocycles. The van der Waals surface area contributed by atoms with Crippen LogP contribution in [-0.4, -0.2) is 30.4 Å². The van der Waals surface area contributed by atoms with E-state index in [4.69, 9.17) is 4.74 Å². The second-order valence-corrected chi connectivity index (χ2v) is 6.49. The third-order valence-electron chi connectivity index (χ3n) is 2.61. The lowest BCUT2D eigenvalue weighted by Crippen LogP contribution is -2.13. The molecule has 0 unspecified atom stereocenters. The van der Waals surface area contributed by atoms with Crippen molar-refractivity contribution in [1.29, 1.82) is 0 Å². The van der Waals surface area contributed by atoms with Gasteiger partial charge in [0.2, 0.25) is 5.91 Å². The van der Waals surface area contributed by atoms with Gasteiger partial charge in [0.25, 0.3) is 0 Å². The Morgan fingerprint density at radius 2 is 2.35 bits per heavy atom. The van der Waals surface area contributed by atoms with Crippen molar-refractivity contribution in [1.82, 2.24) is 4.98 Å². The molecule has 20 heavy (non-hydrogen) atoms. The maximum Gasteiger partial charge on any atom is 0.228 e. The first-order valence-corrected chi connectivity index (χ1v) is 8.35. The molecule has 0 aliphatic heterocycles. The number of thioether (sulfide) groups is 1. The molecule has 1 N–H and O–H groups in total. The molecular weight excluding hydrogens is 292 g/mol. The Morgan fingerprint density at radius 3 is 3.10 bits per heavy atom. The third-order valence-corrected chi connectivity index (χ3v) is 4.75. The quantitative estimate of drug-likeness (QED) is 0.791. The predicted molar refractivity (Wildman–Crippen MR) is 85.8 cm³/mol. The van der Waals surface area contributed by atoms with Crippen molar-refractivity contribution in [2.75, 3.05) is 24.8 Å². The smallest absolute Gasteiger partial charge is 0.228 e. The van der Waals surface area contributed by atoms with E-state index >= 15 is 0 Å². The number of anilines is 1. The number of nitrogens with zero attached hydrogens (tertiary/aromatic N) is 1. The molecule has 0 saturated heterocycles. The number of carbonyl (C=O) groups is 1. The van der Waals surface area contributed by atoms with E-state index in [1.807, 2.05) is 17.8 Å². The highest BCUT2D eigenvalue weighted by molar-refractivity contribution is 7.99. The number of amides is 1. The van der Waals surface area contributed by atoms with Crippen LogP contribution in [0.4, 0.5) is 5.13 Å². The van der Waals surface area contributed by atoms with Gasteiger partial charge in [-0.25, -0.2) is 4.98 Å². The topological polar surface area (TPSA) is 51.2 Å². The van der Waals surface area contributed by atoms with Crippen molar-refractivity contribution in [2.24, 2.45) is 0 Å². The van der Waals surface area contributed by atoms with Crippen molar-refractivity contribution in [2.45, 2.75) is 24.7 Å². The van der Waals surface area contributed by atoms with Crippen molar-refractivity contribution < 1.29 is 9.53 Å². The first kappa shape index (κ1) is 15.3. The highest BCUT2D eigenvalue weighted by Gasteiger charge is 2.08. The van der Waals surface area contributed by atoms with Crippen LogP contribution in [0.5, 0.6) is 0 Å². The largest absolute Gasteiger partial charge is 0.384 e. The molecule has 4 nitrogen and oxygen atoms in total. The fourth-order valence-corrected chi connectivity index (χ4v) is 3.45. The molecule has 0 aliphatic carbocycles. The molecule has 2 aromatic rings. The lowest BCUT2D eigenvalue weighted by molar-refractivity contribution is -0.117. The normalized spacial score (nSPS) is 10.9. The summed E-state index contributed by atoms with van der Waals surface area (Å²) in [4.78, 5) is 17.3. The highest BCUT2D eigenvalue weighted by atomic mass is 32.2. The number of nitrogens with one attached hydrogen (secondary N) is 1. The van der Waals surface area contributed by atoms with Crippen molar-refractivity contribution in [3.05, 3.63) is 18.2 Å². The standard InChI is InChI=1S/C14H18N2O2S2/c1-3-8-19-10-4-5-11-12(9-10)20-14(15-11)16-13(17)6-7-18-2/h4-5,9H,3,6-8H2,1-2H3,(H,15,16,17). The molecule has 0 aliphatic rings. The van der Waals surface area contributed by atoms with Crippen LogP contribution in [0.2, 0.25) is 0 Å². The van der Waals surface area contributed by atoms with Gasteiger partial charge >= 0.3 is 0 Å². The van der Waals surface area contributed by atoms with Crippen LogP contribution >= 0.6 is 23.1 Å². The van der Waals surface area contributed by atoms with Crippen LogP contribution in [0.15, 0.2) is 23.1 Å². The van der Waals surface area contributed by atoms with Gasteiger partial charge in [0, 0.05) is 12.0 Å². The van der Waals surface area contributed by atoms with Gasteiger partial charge < -0.3 is 10.1 Å². The fraction of sp³-hybridized carbons (Fsp3) is 0.429. The molecule has 6 heteroatoms. The summed E-state index contributed by atoms with van der Waals surface area (Å²) >= 11 is 3.35. The zero-order valence-electron chi connectivity index (χ0n) is 11.6. The summed E-state index contributed by atoms with van der Waals surface area (Å²) in [6.07, 6.45) is 1.51. The number of fused-ring (bicyclic) bond motifs is 1. The number of benzene rings is 1. The maximum absolute atomic E-state index is 11.6. The van der Waals surface area contributed by atoms with Crippen LogP contribution in [0, 0.1) is 0 Å². The second kappa shape index (κ2) is 7.61. The SMILES string of the molecule is CCCSc1ccc2nc(NC(=O)CCOC)sc2c1. The van der Waals surface area contributed by atoms with E-state index in [9.17, 15) is 4.79 Å². The zero-order chi connectivity index (χ0) is 14.4. The highest BCUT2D eigenvalue weighted by Crippen LogP contribution is 2.30. The van der Waals surface area contributed by atoms with E-state index in [0.717, 1.165) is 22.4 Å². The van der Waals surface area contributed by atoms with E-state index in [-0.39, 0.29) is 5.91 Å². The number of ether oxygens (including phenoxy) is 1.